The van der Waals surface area contributed by atoms with Crippen molar-refractivity contribution in [2.75, 3.05) is 4.72 Å². The van der Waals surface area contributed by atoms with Crippen molar-refractivity contribution in [3.8, 4) is 11.3 Å². The van der Waals surface area contributed by atoms with Gasteiger partial charge in [0.05, 0.1) is 4.90 Å². The molecule has 3 rings (SSSR count). The number of nitrogens with one attached hydrogen (secondary N) is 1. The molecule has 0 saturated carbocycles. The maximum atomic E-state index is 12.6. The molecule has 0 saturated heterocycles. The van der Waals surface area contributed by atoms with E-state index in [4.69, 9.17) is 11.6 Å². The van der Waals surface area contributed by atoms with Crippen molar-refractivity contribution >= 4 is 33.7 Å². The van der Waals surface area contributed by atoms with E-state index in [1.165, 1.54) is 36.7 Å². The SMILES string of the molecule is O=Cc1ccccc1-c1nccnc1NS(=O)(=O)c1ccc(Cl)cc1. The van der Waals surface area contributed by atoms with Crippen LogP contribution in [0.3, 0.4) is 0 Å². The van der Waals surface area contributed by atoms with Crippen LogP contribution in [0.2, 0.25) is 5.02 Å². The van der Waals surface area contributed by atoms with Gasteiger partial charge in [0.15, 0.2) is 12.1 Å². The minimum absolute atomic E-state index is 0.0340. The Morgan fingerprint density at radius 1 is 0.960 bits per heavy atom. The molecule has 0 unspecified atom stereocenters. The molecular formula is C17H12ClN3O3S. The van der Waals surface area contributed by atoms with E-state index in [0.29, 0.717) is 22.4 Å². The first kappa shape index (κ1) is 17.1. The molecule has 3 aromatic rings. The second kappa shape index (κ2) is 7.00. The van der Waals surface area contributed by atoms with Gasteiger partial charge < -0.3 is 0 Å². The number of rotatable bonds is 5. The van der Waals surface area contributed by atoms with Crippen molar-refractivity contribution in [1.82, 2.24) is 9.97 Å². The topological polar surface area (TPSA) is 89.0 Å². The minimum Gasteiger partial charge on any atom is -0.298 e. The van der Waals surface area contributed by atoms with E-state index < -0.39 is 10.0 Å². The lowest BCUT2D eigenvalue weighted by molar-refractivity contribution is 0.112. The van der Waals surface area contributed by atoms with Gasteiger partial charge in [-0.15, -0.1) is 0 Å². The van der Waals surface area contributed by atoms with Crippen molar-refractivity contribution < 1.29 is 13.2 Å². The number of carbonyl (C=O) groups excluding carboxylic acids is 1. The molecule has 6 nitrogen and oxygen atoms in total. The smallest absolute Gasteiger partial charge is 0.263 e. The Morgan fingerprint density at radius 2 is 1.64 bits per heavy atom. The highest BCUT2D eigenvalue weighted by Crippen LogP contribution is 2.28. The van der Waals surface area contributed by atoms with Crippen LogP contribution in [0.15, 0.2) is 65.8 Å². The van der Waals surface area contributed by atoms with Crippen molar-refractivity contribution in [1.29, 1.82) is 0 Å². The predicted molar refractivity (Wildman–Crippen MR) is 95.1 cm³/mol. The van der Waals surface area contributed by atoms with Gasteiger partial charge in [-0.2, -0.15) is 0 Å². The number of halogens is 1. The number of carbonyl (C=O) groups is 1. The van der Waals surface area contributed by atoms with Gasteiger partial charge in [0.25, 0.3) is 10.0 Å². The molecule has 1 aromatic heterocycles. The fourth-order valence-electron chi connectivity index (χ4n) is 2.23. The number of benzene rings is 2. The van der Waals surface area contributed by atoms with Crippen LogP contribution >= 0.6 is 11.6 Å². The average molecular weight is 374 g/mol. The van der Waals surface area contributed by atoms with E-state index in [2.05, 4.69) is 14.7 Å². The van der Waals surface area contributed by atoms with Crippen LogP contribution in [0.4, 0.5) is 5.82 Å². The van der Waals surface area contributed by atoms with Crippen LogP contribution in [0, 0.1) is 0 Å². The average Bonchev–Trinajstić information content (AvgIpc) is 2.62. The van der Waals surface area contributed by atoms with E-state index in [-0.39, 0.29) is 16.4 Å². The molecule has 8 heteroatoms. The first-order valence-corrected chi connectivity index (χ1v) is 9.01. The highest BCUT2D eigenvalue weighted by molar-refractivity contribution is 7.92. The molecule has 0 aliphatic carbocycles. The Labute approximate surface area is 149 Å². The van der Waals surface area contributed by atoms with Crippen molar-refractivity contribution in [2.45, 2.75) is 4.90 Å². The minimum atomic E-state index is -3.88. The molecule has 0 amide bonds. The molecule has 2 aromatic carbocycles. The zero-order chi connectivity index (χ0) is 17.9. The van der Waals surface area contributed by atoms with Crippen LogP contribution in [0.1, 0.15) is 10.4 Å². The second-order valence-corrected chi connectivity index (χ2v) is 7.14. The summed E-state index contributed by atoms with van der Waals surface area (Å²) >= 11 is 5.79. The molecule has 0 aliphatic heterocycles. The standard InChI is InChI=1S/C17H12ClN3O3S/c18-13-5-7-14(8-6-13)25(23,24)21-17-16(19-9-10-20-17)15-4-2-1-3-12(15)11-22/h1-11H,(H,20,21). The summed E-state index contributed by atoms with van der Waals surface area (Å²) in [4.78, 5) is 19.5. The van der Waals surface area contributed by atoms with Crippen LogP contribution in [0.25, 0.3) is 11.3 Å². The summed E-state index contributed by atoms with van der Waals surface area (Å²) in [5.74, 6) is 0.0340. The lowest BCUT2D eigenvalue weighted by Gasteiger charge is -2.12. The number of nitrogens with zero attached hydrogens (tertiary/aromatic N) is 2. The third-order valence-electron chi connectivity index (χ3n) is 3.40. The lowest BCUT2D eigenvalue weighted by Crippen LogP contribution is -2.15. The van der Waals surface area contributed by atoms with Gasteiger partial charge in [0.1, 0.15) is 5.69 Å². The number of hydrogen-bond acceptors (Lipinski definition) is 5. The molecule has 126 valence electrons. The molecule has 1 N–H and O–H groups in total. The largest absolute Gasteiger partial charge is 0.298 e. The van der Waals surface area contributed by atoms with Gasteiger partial charge >= 0.3 is 0 Å². The van der Waals surface area contributed by atoms with Crippen LogP contribution in [-0.2, 0) is 10.0 Å². The number of hydrogen-bond donors (Lipinski definition) is 1. The van der Waals surface area contributed by atoms with Gasteiger partial charge in [-0.3, -0.25) is 14.5 Å². The fraction of sp³-hybridized carbons (Fsp3) is 0. The Morgan fingerprint density at radius 3 is 2.36 bits per heavy atom. The highest BCUT2D eigenvalue weighted by Gasteiger charge is 2.19. The van der Waals surface area contributed by atoms with Crippen LogP contribution in [-0.4, -0.2) is 24.7 Å². The van der Waals surface area contributed by atoms with Crippen LogP contribution < -0.4 is 4.72 Å². The zero-order valence-electron chi connectivity index (χ0n) is 12.8. The molecule has 0 radical (unpaired) electrons. The second-order valence-electron chi connectivity index (χ2n) is 5.02. The van der Waals surface area contributed by atoms with E-state index in [0.717, 1.165) is 0 Å². The Bertz CT molecular complexity index is 1020. The molecule has 0 bridgehead atoms. The lowest BCUT2D eigenvalue weighted by atomic mass is 10.1. The number of sulfonamides is 1. The Hall–Kier alpha value is -2.77. The maximum Gasteiger partial charge on any atom is 0.263 e. The zero-order valence-corrected chi connectivity index (χ0v) is 14.3. The first-order valence-electron chi connectivity index (χ1n) is 7.15. The van der Waals surface area contributed by atoms with Gasteiger partial charge in [-0.05, 0) is 24.3 Å². The van der Waals surface area contributed by atoms with Gasteiger partial charge in [0, 0.05) is 28.5 Å². The third-order valence-corrected chi connectivity index (χ3v) is 5.00. The summed E-state index contributed by atoms with van der Waals surface area (Å²) in [6.45, 7) is 0. The molecule has 0 spiro atoms. The number of aldehydes is 1. The number of anilines is 1. The summed E-state index contributed by atoms with van der Waals surface area (Å²) in [5, 5.41) is 0.430. The van der Waals surface area contributed by atoms with Crippen molar-refractivity contribution in [2.24, 2.45) is 0 Å². The quantitative estimate of drug-likeness (QED) is 0.692. The molecule has 25 heavy (non-hydrogen) atoms. The normalized spacial score (nSPS) is 11.1. The third kappa shape index (κ3) is 3.67. The molecule has 0 atom stereocenters. The summed E-state index contributed by atoms with van der Waals surface area (Å²) in [6, 6.07) is 12.5. The fourth-order valence-corrected chi connectivity index (χ4v) is 3.37. The van der Waals surface area contributed by atoms with Gasteiger partial charge in [0.2, 0.25) is 0 Å². The Kier molecular flexibility index (Phi) is 4.78. The number of aromatic nitrogens is 2. The van der Waals surface area contributed by atoms with Crippen LogP contribution in [0.5, 0.6) is 0 Å². The summed E-state index contributed by atoms with van der Waals surface area (Å²) in [6.07, 6.45) is 3.48. The monoisotopic (exact) mass is 373 g/mol. The van der Waals surface area contributed by atoms with E-state index in [1.54, 1.807) is 24.3 Å². The first-order chi connectivity index (χ1) is 12.0. The molecule has 1 heterocycles. The van der Waals surface area contributed by atoms with Gasteiger partial charge in [-0.1, -0.05) is 35.9 Å². The van der Waals surface area contributed by atoms with E-state index in [9.17, 15) is 13.2 Å². The maximum absolute atomic E-state index is 12.6. The summed E-state index contributed by atoms with van der Waals surface area (Å²) in [7, 11) is -3.88. The van der Waals surface area contributed by atoms with Gasteiger partial charge in [-0.25, -0.2) is 13.4 Å². The predicted octanol–water partition coefficient (Wildman–Crippen LogP) is 3.41. The summed E-state index contributed by atoms with van der Waals surface area (Å²) in [5.41, 5.74) is 1.14. The van der Waals surface area contributed by atoms with E-state index in [1.807, 2.05) is 0 Å². The molecule has 0 aliphatic rings. The molecule has 0 fully saturated rings. The van der Waals surface area contributed by atoms with Crippen molar-refractivity contribution in [3.05, 3.63) is 71.5 Å². The van der Waals surface area contributed by atoms with Crippen molar-refractivity contribution in [3.63, 3.8) is 0 Å². The Balaban J connectivity index is 2.05. The summed E-state index contributed by atoms with van der Waals surface area (Å²) < 4.78 is 27.5. The van der Waals surface area contributed by atoms with E-state index >= 15 is 0 Å². The molecular weight excluding hydrogens is 362 g/mol. The highest BCUT2D eigenvalue weighted by atomic mass is 35.5.